The molecule has 1 aromatic carbocycles. The maximum Gasteiger partial charge on any atom is 0.306 e. The van der Waals surface area contributed by atoms with Crippen LogP contribution in [0.2, 0.25) is 0 Å². The lowest BCUT2D eigenvalue weighted by atomic mass is 10.1. The Morgan fingerprint density at radius 2 is 1.89 bits per heavy atom. The van der Waals surface area contributed by atoms with Crippen LogP contribution < -0.4 is 0 Å². The van der Waals surface area contributed by atoms with Crippen LogP contribution in [-0.2, 0) is 25.8 Å². The molecule has 0 aliphatic carbocycles. The zero-order valence-corrected chi connectivity index (χ0v) is 17.0. The second kappa shape index (κ2) is 8.31. The van der Waals surface area contributed by atoms with Crippen molar-refractivity contribution in [3.8, 4) is 0 Å². The molecule has 7 heteroatoms. The molecule has 3 rings (SSSR count). The number of esters is 1. The van der Waals surface area contributed by atoms with Gasteiger partial charge in [0.05, 0.1) is 11.5 Å². The fraction of sp³-hybridized carbons (Fsp3) is 0.429. The Hall–Kier alpha value is -2.41. The third kappa shape index (κ3) is 4.70. The van der Waals surface area contributed by atoms with Crippen LogP contribution in [0.15, 0.2) is 36.4 Å². The van der Waals surface area contributed by atoms with Crippen molar-refractivity contribution in [2.75, 3.05) is 18.1 Å². The summed E-state index contributed by atoms with van der Waals surface area (Å²) in [7, 11) is -3.01. The summed E-state index contributed by atoms with van der Waals surface area (Å²) in [6, 6.07) is 11.2. The maximum absolute atomic E-state index is 12.5. The van der Waals surface area contributed by atoms with Crippen molar-refractivity contribution in [2.24, 2.45) is 0 Å². The van der Waals surface area contributed by atoms with Crippen LogP contribution >= 0.6 is 0 Å². The second-order valence-corrected chi connectivity index (χ2v) is 9.51. The van der Waals surface area contributed by atoms with Crippen LogP contribution in [0.4, 0.5) is 0 Å². The Kier molecular flexibility index (Phi) is 6.03. The van der Waals surface area contributed by atoms with Crippen molar-refractivity contribution >= 4 is 21.6 Å². The van der Waals surface area contributed by atoms with Gasteiger partial charge in [0.2, 0.25) is 5.78 Å². The largest absolute Gasteiger partial charge is 0.457 e. The molecule has 2 heterocycles. The molecule has 1 saturated heterocycles. The highest BCUT2D eigenvalue weighted by Crippen LogP contribution is 2.29. The molecule has 0 saturated carbocycles. The number of aryl methyl sites for hydroxylation is 2. The predicted octanol–water partition coefficient (Wildman–Crippen LogP) is 2.82. The van der Waals surface area contributed by atoms with Crippen molar-refractivity contribution in [3.63, 3.8) is 0 Å². The fourth-order valence-corrected chi connectivity index (χ4v) is 5.49. The van der Waals surface area contributed by atoms with Crippen LogP contribution in [0.25, 0.3) is 0 Å². The first-order valence-corrected chi connectivity index (χ1v) is 11.2. The maximum atomic E-state index is 12.5. The zero-order chi connectivity index (χ0) is 20.3. The highest BCUT2D eigenvalue weighted by atomic mass is 32.2. The molecule has 6 nitrogen and oxygen atoms in total. The molecule has 0 amide bonds. The molecule has 1 fully saturated rings. The third-order valence-electron chi connectivity index (χ3n) is 5.18. The molecule has 150 valence electrons. The first-order valence-electron chi connectivity index (χ1n) is 9.38. The number of sulfone groups is 1. The Morgan fingerprint density at radius 3 is 2.54 bits per heavy atom. The standard InChI is InChI=1S/C21H25NO5S/c1-15-12-19(16(2)22(15)18-10-11-28(25,26)14-18)20(23)13-27-21(24)9-8-17-6-4-3-5-7-17/h3-7,12,18H,8-11,13-14H2,1-2H3/t18-/m0/s1. The van der Waals surface area contributed by atoms with Crippen molar-refractivity contribution < 1.29 is 22.7 Å². The van der Waals surface area contributed by atoms with E-state index < -0.39 is 15.8 Å². The first-order chi connectivity index (χ1) is 13.3. The molecule has 0 N–H and O–H groups in total. The number of rotatable bonds is 7. The fourth-order valence-electron chi connectivity index (χ4n) is 3.79. The van der Waals surface area contributed by atoms with Gasteiger partial charge in [-0.25, -0.2) is 8.42 Å². The molecule has 1 atom stereocenters. The summed E-state index contributed by atoms with van der Waals surface area (Å²) in [5.41, 5.74) is 3.10. The van der Waals surface area contributed by atoms with Gasteiger partial charge in [0, 0.05) is 29.4 Å². The monoisotopic (exact) mass is 403 g/mol. The zero-order valence-electron chi connectivity index (χ0n) is 16.2. The summed E-state index contributed by atoms with van der Waals surface area (Å²) in [4.78, 5) is 24.5. The van der Waals surface area contributed by atoms with E-state index in [0.717, 1.165) is 17.0 Å². The van der Waals surface area contributed by atoms with E-state index in [0.29, 0.717) is 18.4 Å². The van der Waals surface area contributed by atoms with E-state index in [1.165, 1.54) is 0 Å². The number of aromatic nitrogens is 1. The number of carbonyl (C=O) groups is 2. The Bertz CT molecular complexity index is 976. The highest BCUT2D eigenvalue weighted by molar-refractivity contribution is 7.91. The lowest BCUT2D eigenvalue weighted by molar-refractivity contribution is -0.142. The van der Waals surface area contributed by atoms with Gasteiger partial charge in [0.15, 0.2) is 16.4 Å². The number of Topliss-reactive ketones (excluding diaryl/α,β-unsaturated/α-hetero) is 1. The van der Waals surface area contributed by atoms with E-state index in [2.05, 4.69) is 0 Å². The lowest BCUT2D eigenvalue weighted by Crippen LogP contribution is -2.17. The normalized spacial score (nSPS) is 18.1. The van der Waals surface area contributed by atoms with E-state index >= 15 is 0 Å². The van der Waals surface area contributed by atoms with Crippen LogP contribution in [0.3, 0.4) is 0 Å². The SMILES string of the molecule is Cc1cc(C(=O)COC(=O)CCc2ccccc2)c(C)n1[C@H]1CCS(=O)(=O)C1. The van der Waals surface area contributed by atoms with Gasteiger partial charge in [-0.2, -0.15) is 0 Å². The molecule has 2 aromatic rings. The summed E-state index contributed by atoms with van der Waals surface area (Å²) in [6.45, 7) is 3.36. The van der Waals surface area contributed by atoms with Gasteiger partial charge in [-0.3, -0.25) is 9.59 Å². The number of ketones is 1. The van der Waals surface area contributed by atoms with Crippen molar-refractivity contribution in [2.45, 2.75) is 39.2 Å². The Labute approximate surface area is 165 Å². The van der Waals surface area contributed by atoms with E-state index in [4.69, 9.17) is 4.74 Å². The molecular weight excluding hydrogens is 378 g/mol. The van der Waals surface area contributed by atoms with Gasteiger partial charge in [-0.1, -0.05) is 30.3 Å². The molecule has 0 bridgehead atoms. The predicted molar refractivity (Wildman–Crippen MR) is 106 cm³/mol. The van der Waals surface area contributed by atoms with Gasteiger partial charge in [0.1, 0.15) is 0 Å². The third-order valence-corrected chi connectivity index (χ3v) is 6.93. The van der Waals surface area contributed by atoms with E-state index in [1.54, 1.807) is 6.07 Å². The molecule has 1 aromatic heterocycles. The second-order valence-electron chi connectivity index (χ2n) is 7.28. The molecule has 28 heavy (non-hydrogen) atoms. The van der Waals surface area contributed by atoms with Crippen molar-refractivity contribution in [1.82, 2.24) is 4.57 Å². The summed E-state index contributed by atoms with van der Waals surface area (Å²) >= 11 is 0. The van der Waals surface area contributed by atoms with Gasteiger partial charge < -0.3 is 9.30 Å². The number of benzene rings is 1. The lowest BCUT2D eigenvalue weighted by Gasteiger charge is -2.16. The van der Waals surface area contributed by atoms with Crippen LogP contribution in [0.5, 0.6) is 0 Å². The molecule has 1 aliphatic heterocycles. The number of carbonyl (C=O) groups excluding carboxylic acids is 2. The van der Waals surface area contributed by atoms with E-state index in [-0.39, 0.29) is 36.4 Å². The van der Waals surface area contributed by atoms with Crippen molar-refractivity contribution in [1.29, 1.82) is 0 Å². The van der Waals surface area contributed by atoms with E-state index in [9.17, 15) is 18.0 Å². The number of hydrogen-bond acceptors (Lipinski definition) is 5. The van der Waals surface area contributed by atoms with Crippen LogP contribution in [0.1, 0.15) is 46.2 Å². The van der Waals surface area contributed by atoms with Gasteiger partial charge in [-0.05, 0) is 38.3 Å². The summed E-state index contributed by atoms with van der Waals surface area (Å²) in [5, 5.41) is 0. The summed E-state index contributed by atoms with van der Waals surface area (Å²) < 4.78 is 30.6. The number of hydrogen-bond donors (Lipinski definition) is 0. The van der Waals surface area contributed by atoms with Crippen LogP contribution in [-0.4, -0.2) is 42.9 Å². The molecule has 0 radical (unpaired) electrons. The topological polar surface area (TPSA) is 82.4 Å². The van der Waals surface area contributed by atoms with Crippen LogP contribution in [0, 0.1) is 13.8 Å². The minimum atomic E-state index is -3.01. The molecule has 0 unspecified atom stereocenters. The van der Waals surface area contributed by atoms with Gasteiger partial charge >= 0.3 is 5.97 Å². The van der Waals surface area contributed by atoms with E-state index in [1.807, 2.05) is 48.7 Å². The number of ether oxygens (including phenoxy) is 1. The average Bonchev–Trinajstić information content (AvgIpc) is 3.16. The minimum Gasteiger partial charge on any atom is -0.457 e. The molecular formula is C21H25NO5S. The van der Waals surface area contributed by atoms with Gasteiger partial charge in [-0.15, -0.1) is 0 Å². The Balaban J connectivity index is 1.59. The van der Waals surface area contributed by atoms with Gasteiger partial charge in [0.25, 0.3) is 0 Å². The first kappa shape index (κ1) is 20.3. The van der Waals surface area contributed by atoms with Crippen molar-refractivity contribution in [3.05, 3.63) is 58.9 Å². The summed E-state index contributed by atoms with van der Waals surface area (Å²) in [6.07, 6.45) is 1.34. The molecule has 0 spiro atoms. The smallest absolute Gasteiger partial charge is 0.306 e. The average molecular weight is 404 g/mol. The minimum absolute atomic E-state index is 0.103. The molecule has 1 aliphatic rings. The highest BCUT2D eigenvalue weighted by Gasteiger charge is 2.31. The number of nitrogens with zero attached hydrogens (tertiary/aromatic N) is 1. The quantitative estimate of drug-likeness (QED) is 0.524. The summed E-state index contributed by atoms with van der Waals surface area (Å²) in [5.74, 6) is -0.399. The Morgan fingerprint density at radius 1 is 1.18 bits per heavy atom.